The van der Waals surface area contributed by atoms with E-state index in [1.165, 1.54) is 10.6 Å². The fraction of sp³-hybridized carbons (Fsp3) is 0.278. The monoisotopic (exact) mass is 292 g/mol. The Bertz CT molecular complexity index is 855. The van der Waals surface area contributed by atoms with Crippen molar-refractivity contribution in [3.8, 4) is 11.8 Å². The van der Waals surface area contributed by atoms with Crippen molar-refractivity contribution in [1.29, 1.82) is 5.26 Å². The van der Waals surface area contributed by atoms with E-state index in [1.807, 2.05) is 50.2 Å². The third kappa shape index (κ3) is 2.25. The van der Waals surface area contributed by atoms with Crippen LogP contribution < -0.4 is 5.56 Å². The Labute approximate surface area is 128 Å². The molecule has 1 aromatic heterocycles. The number of pyridine rings is 1. The molecule has 0 amide bonds. The number of nitrogens with zero attached hydrogens (tertiary/aromatic N) is 2. The Balaban J connectivity index is 2.39. The molecule has 1 aromatic carbocycles. The van der Waals surface area contributed by atoms with Crippen LogP contribution in [0.4, 0.5) is 0 Å². The van der Waals surface area contributed by atoms with Gasteiger partial charge in [0.1, 0.15) is 11.6 Å². The summed E-state index contributed by atoms with van der Waals surface area (Å²) in [7, 11) is 0. The molecule has 4 nitrogen and oxygen atoms in total. The molecular weight excluding hydrogens is 276 g/mol. The molecular formula is C18H16N2O2. The number of Topliss-reactive ketones (excluding diaryl/α,β-unsaturated/α-hetero) is 1. The average molecular weight is 292 g/mol. The van der Waals surface area contributed by atoms with E-state index < -0.39 is 0 Å². The molecule has 0 spiro atoms. The minimum absolute atomic E-state index is 0.00701. The molecule has 3 rings (SSSR count). The van der Waals surface area contributed by atoms with Crippen molar-refractivity contribution >= 4 is 5.78 Å². The number of carbonyl (C=O) groups excluding carboxylic acids is 1. The van der Waals surface area contributed by atoms with Crippen LogP contribution in [0, 0.1) is 16.7 Å². The Morgan fingerprint density at radius 1 is 1.14 bits per heavy atom. The smallest absolute Gasteiger partial charge is 0.273 e. The number of fused-ring (bicyclic) bond motifs is 1. The molecule has 0 N–H and O–H groups in total. The van der Waals surface area contributed by atoms with Crippen LogP contribution in [0.1, 0.15) is 41.9 Å². The highest BCUT2D eigenvalue weighted by molar-refractivity contribution is 5.99. The van der Waals surface area contributed by atoms with Gasteiger partial charge in [-0.05, 0) is 30.0 Å². The zero-order valence-electron chi connectivity index (χ0n) is 12.6. The van der Waals surface area contributed by atoms with Crippen molar-refractivity contribution in [2.75, 3.05) is 0 Å². The Kier molecular flexibility index (Phi) is 3.22. The lowest BCUT2D eigenvalue weighted by atomic mass is 9.75. The Morgan fingerprint density at radius 2 is 1.82 bits per heavy atom. The van der Waals surface area contributed by atoms with Crippen molar-refractivity contribution in [3.05, 3.63) is 63.6 Å². The highest BCUT2D eigenvalue weighted by Crippen LogP contribution is 2.35. The molecule has 0 unspecified atom stereocenters. The molecule has 0 atom stereocenters. The van der Waals surface area contributed by atoms with Crippen LogP contribution in [0.3, 0.4) is 0 Å². The number of hydrogen-bond donors (Lipinski definition) is 0. The van der Waals surface area contributed by atoms with Crippen LogP contribution >= 0.6 is 0 Å². The van der Waals surface area contributed by atoms with E-state index in [0.29, 0.717) is 29.8 Å². The first kappa shape index (κ1) is 14.3. The number of benzene rings is 1. The third-order valence-electron chi connectivity index (χ3n) is 4.02. The Hall–Kier alpha value is -2.67. The number of carbonyl (C=O) groups is 1. The van der Waals surface area contributed by atoms with Gasteiger partial charge in [0.15, 0.2) is 5.78 Å². The van der Waals surface area contributed by atoms with Crippen molar-refractivity contribution in [2.24, 2.45) is 5.41 Å². The molecule has 1 aliphatic carbocycles. The number of para-hydroxylation sites is 1. The predicted octanol–water partition coefficient (Wildman–Crippen LogP) is 2.86. The van der Waals surface area contributed by atoms with Gasteiger partial charge in [-0.3, -0.25) is 14.2 Å². The maximum atomic E-state index is 12.6. The van der Waals surface area contributed by atoms with Crippen LogP contribution in [-0.4, -0.2) is 10.4 Å². The summed E-state index contributed by atoms with van der Waals surface area (Å²) in [6.45, 7) is 4.04. The largest absolute Gasteiger partial charge is 0.294 e. The van der Waals surface area contributed by atoms with Gasteiger partial charge in [-0.2, -0.15) is 5.26 Å². The van der Waals surface area contributed by atoms with Crippen LogP contribution in [0.25, 0.3) is 5.69 Å². The molecule has 4 heteroatoms. The summed E-state index contributed by atoms with van der Waals surface area (Å²) in [6.07, 6.45) is 1.06. The van der Waals surface area contributed by atoms with E-state index in [4.69, 9.17) is 0 Å². The van der Waals surface area contributed by atoms with Gasteiger partial charge in [0.2, 0.25) is 0 Å². The van der Waals surface area contributed by atoms with E-state index >= 15 is 0 Å². The molecule has 0 bridgehead atoms. The van der Waals surface area contributed by atoms with Gasteiger partial charge in [0, 0.05) is 23.4 Å². The minimum Gasteiger partial charge on any atom is -0.294 e. The van der Waals surface area contributed by atoms with Gasteiger partial charge in [0.05, 0.1) is 0 Å². The molecule has 0 saturated heterocycles. The second-order valence-electron chi connectivity index (χ2n) is 6.45. The molecule has 1 aliphatic rings. The summed E-state index contributed by atoms with van der Waals surface area (Å²) >= 11 is 0. The van der Waals surface area contributed by atoms with Gasteiger partial charge >= 0.3 is 0 Å². The van der Waals surface area contributed by atoms with Crippen molar-refractivity contribution in [3.63, 3.8) is 0 Å². The van der Waals surface area contributed by atoms with Gasteiger partial charge in [-0.25, -0.2) is 0 Å². The Morgan fingerprint density at radius 3 is 2.45 bits per heavy atom. The van der Waals surface area contributed by atoms with Gasteiger partial charge in [-0.15, -0.1) is 0 Å². The van der Waals surface area contributed by atoms with Gasteiger partial charge < -0.3 is 0 Å². The summed E-state index contributed by atoms with van der Waals surface area (Å²) in [5.41, 5.74) is 1.34. The lowest BCUT2D eigenvalue weighted by molar-refractivity contribution is 0.0909. The number of ketones is 1. The summed E-state index contributed by atoms with van der Waals surface area (Å²) in [6, 6.07) is 12.5. The van der Waals surface area contributed by atoms with E-state index in [9.17, 15) is 14.9 Å². The lowest BCUT2D eigenvalue weighted by Crippen LogP contribution is -2.35. The van der Waals surface area contributed by atoms with Crippen molar-refractivity contribution in [1.82, 2.24) is 4.57 Å². The van der Waals surface area contributed by atoms with Gasteiger partial charge in [0.25, 0.3) is 5.56 Å². The molecule has 0 radical (unpaired) electrons. The number of rotatable bonds is 1. The molecule has 0 aliphatic heterocycles. The number of aromatic nitrogens is 1. The SMILES string of the molecule is CC1(C)CC(=O)c2cc(C#N)c(=O)n(-c3ccccc3)c2C1. The summed E-state index contributed by atoms with van der Waals surface area (Å²) < 4.78 is 1.52. The first-order valence-electron chi connectivity index (χ1n) is 7.20. The normalized spacial score (nSPS) is 16.0. The van der Waals surface area contributed by atoms with Crippen molar-refractivity contribution in [2.45, 2.75) is 26.7 Å². The van der Waals surface area contributed by atoms with Crippen LogP contribution in [0.5, 0.6) is 0 Å². The fourth-order valence-corrected chi connectivity index (χ4v) is 3.04. The first-order chi connectivity index (χ1) is 10.4. The number of hydrogen-bond acceptors (Lipinski definition) is 3. The lowest BCUT2D eigenvalue weighted by Gasteiger charge is -2.32. The van der Waals surface area contributed by atoms with Crippen LogP contribution in [-0.2, 0) is 6.42 Å². The van der Waals surface area contributed by atoms with E-state index in [2.05, 4.69) is 0 Å². The minimum atomic E-state index is -0.363. The van der Waals surface area contributed by atoms with Crippen LogP contribution in [0.2, 0.25) is 0 Å². The van der Waals surface area contributed by atoms with Crippen molar-refractivity contribution < 1.29 is 4.79 Å². The second-order valence-corrected chi connectivity index (χ2v) is 6.45. The topological polar surface area (TPSA) is 62.9 Å². The van der Waals surface area contributed by atoms with E-state index in [1.54, 1.807) is 0 Å². The standard InChI is InChI=1S/C18H16N2O2/c1-18(2)9-15-14(16(21)10-18)8-12(11-19)17(22)20(15)13-6-4-3-5-7-13/h3-8H,9-10H2,1-2H3. The molecule has 22 heavy (non-hydrogen) atoms. The van der Waals surface area contributed by atoms with Gasteiger partial charge in [-0.1, -0.05) is 32.0 Å². The quantitative estimate of drug-likeness (QED) is 0.812. The highest BCUT2D eigenvalue weighted by Gasteiger charge is 2.34. The zero-order chi connectivity index (χ0) is 15.9. The van der Waals surface area contributed by atoms with Crippen LogP contribution in [0.15, 0.2) is 41.2 Å². The third-order valence-corrected chi connectivity index (χ3v) is 4.02. The maximum absolute atomic E-state index is 12.6. The van der Waals surface area contributed by atoms with E-state index in [0.717, 1.165) is 0 Å². The molecule has 0 saturated carbocycles. The summed E-state index contributed by atoms with van der Waals surface area (Å²) in [5.74, 6) is -0.00701. The molecule has 1 heterocycles. The predicted molar refractivity (Wildman–Crippen MR) is 83.2 cm³/mol. The molecule has 110 valence electrons. The number of nitriles is 1. The highest BCUT2D eigenvalue weighted by atomic mass is 16.1. The summed E-state index contributed by atoms with van der Waals surface area (Å²) in [4.78, 5) is 25.1. The zero-order valence-corrected chi connectivity index (χ0v) is 12.6. The molecule has 0 fully saturated rings. The summed E-state index contributed by atoms with van der Waals surface area (Å²) in [5, 5.41) is 9.21. The first-order valence-corrected chi connectivity index (χ1v) is 7.20. The fourth-order valence-electron chi connectivity index (χ4n) is 3.04. The van der Waals surface area contributed by atoms with E-state index in [-0.39, 0.29) is 22.3 Å². The molecule has 2 aromatic rings. The maximum Gasteiger partial charge on any atom is 0.273 e. The average Bonchev–Trinajstić information content (AvgIpc) is 2.46. The second kappa shape index (κ2) is 4.96.